The lowest BCUT2D eigenvalue weighted by Gasteiger charge is -2.17. The van der Waals surface area contributed by atoms with Crippen LogP contribution in [0.4, 0.5) is 0 Å². The lowest BCUT2D eigenvalue weighted by Crippen LogP contribution is -2.42. The van der Waals surface area contributed by atoms with Crippen LogP contribution in [-0.4, -0.2) is 68.0 Å². The molecule has 0 unspecified atom stereocenters. The van der Waals surface area contributed by atoms with Crippen LogP contribution in [-0.2, 0) is 30.5 Å². The van der Waals surface area contributed by atoms with E-state index in [1.165, 1.54) is 18.9 Å². The van der Waals surface area contributed by atoms with Gasteiger partial charge in [-0.1, -0.05) is 30.3 Å². The van der Waals surface area contributed by atoms with E-state index in [0.29, 0.717) is 25.1 Å². The average molecular weight is 397 g/mol. The number of esters is 2. The predicted molar refractivity (Wildman–Crippen MR) is 105 cm³/mol. The van der Waals surface area contributed by atoms with Crippen LogP contribution in [0.25, 0.3) is 0 Å². The van der Waals surface area contributed by atoms with Gasteiger partial charge in [0.05, 0.1) is 12.9 Å². The number of hydrogen-bond acceptors (Lipinski definition) is 7. The average Bonchev–Trinajstić information content (AvgIpc) is 2.67. The van der Waals surface area contributed by atoms with Gasteiger partial charge in [0, 0.05) is 13.0 Å². The molecule has 1 amide bonds. The number of thioether (sulfide) groups is 1. The Hall–Kier alpha value is -2.06. The van der Waals surface area contributed by atoms with Crippen molar-refractivity contribution < 1.29 is 23.9 Å². The second-order valence-corrected chi connectivity index (χ2v) is 7.29. The van der Waals surface area contributed by atoms with Crippen LogP contribution in [0.2, 0.25) is 0 Å². The molecule has 0 heterocycles. The topological polar surface area (TPSA) is 84.9 Å². The standard InChI is InChI=1S/C19H28N2O5S/c1-21(2)11-9-17(22)20-16(19(24)25-3)10-12-27-14-18(23)26-13-15-7-5-4-6-8-15/h4-8,16H,9-14H2,1-3H3,(H,20,22)/t16-/m0/s1. The van der Waals surface area contributed by atoms with Crippen molar-refractivity contribution in [2.24, 2.45) is 0 Å². The molecule has 0 saturated heterocycles. The summed E-state index contributed by atoms with van der Waals surface area (Å²) in [5.41, 5.74) is 0.932. The zero-order valence-electron chi connectivity index (χ0n) is 16.1. The molecule has 1 atom stereocenters. The number of methoxy groups -OCH3 is 1. The monoisotopic (exact) mass is 396 g/mol. The predicted octanol–water partition coefficient (Wildman–Crippen LogP) is 1.46. The summed E-state index contributed by atoms with van der Waals surface area (Å²) in [6.07, 6.45) is 0.691. The van der Waals surface area contributed by atoms with Gasteiger partial charge in [-0.2, -0.15) is 11.8 Å². The maximum atomic E-state index is 11.9. The number of benzene rings is 1. The molecule has 8 heteroatoms. The lowest BCUT2D eigenvalue weighted by atomic mass is 10.2. The summed E-state index contributed by atoms with van der Waals surface area (Å²) in [6.45, 7) is 0.842. The third-order valence-corrected chi connectivity index (χ3v) is 4.58. The number of amides is 1. The second-order valence-electron chi connectivity index (χ2n) is 6.18. The van der Waals surface area contributed by atoms with Crippen molar-refractivity contribution in [3.8, 4) is 0 Å². The minimum atomic E-state index is -0.711. The van der Waals surface area contributed by atoms with Crippen LogP contribution in [0.1, 0.15) is 18.4 Å². The molecule has 0 fully saturated rings. The van der Waals surface area contributed by atoms with E-state index in [1.54, 1.807) is 0 Å². The molecule has 1 aromatic carbocycles. The number of carbonyl (C=O) groups is 3. The van der Waals surface area contributed by atoms with Crippen LogP contribution in [0.5, 0.6) is 0 Å². The van der Waals surface area contributed by atoms with Gasteiger partial charge in [-0.15, -0.1) is 0 Å². The van der Waals surface area contributed by atoms with Gasteiger partial charge in [-0.3, -0.25) is 9.59 Å². The number of ether oxygens (including phenoxy) is 2. The molecule has 0 aliphatic heterocycles. The summed E-state index contributed by atoms with van der Waals surface area (Å²) < 4.78 is 9.94. The van der Waals surface area contributed by atoms with Crippen molar-refractivity contribution in [2.45, 2.75) is 25.5 Å². The molecule has 0 radical (unpaired) electrons. The smallest absolute Gasteiger partial charge is 0.328 e. The summed E-state index contributed by atoms with van der Waals surface area (Å²) in [4.78, 5) is 37.4. The third kappa shape index (κ3) is 10.6. The minimum Gasteiger partial charge on any atom is -0.467 e. The quantitative estimate of drug-likeness (QED) is 0.423. The molecule has 1 rings (SSSR count). The van der Waals surface area contributed by atoms with Crippen molar-refractivity contribution >= 4 is 29.6 Å². The molecule has 0 aliphatic carbocycles. The Bertz CT molecular complexity index is 595. The van der Waals surface area contributed by atoms with Gasteiger partial charge in [-0.05, 0) is 31.8 Å². The SMILES string of the molecule is COC(=O)[C@H](CCSCC(=O)OCc1ccccc1)NC(=O)CCN(C)C. The number of rotatable bonds is 12. The maximum absolute atomic E-state index is 11.9. The van der Waals surface area contributed by atoms with E-state index in [9.17, 15) is 14.4 Å². The summed E-state index contributed by atoms with van der Waals surface area (Å²) in [5.74, 6) is -0.288. The van der Waals surface area contributed by atoms with Crippen LogP contribution in [0.3, 0.4) is 0 Å². The van der Waals surface area contributed by atoms with Crippen molar-refractivity contribution in [3.63, 3.8) is 0 Å². The molecule has 0 saturated carbocycles. The summed E-state index contributed by atoms with van der Waals surface area (Å²) in [7, 11) is 5.03. The summed E-state index contributed by atoms with van der Waals surface area (Å²) in [5, 5.41) is 2.69. The number of hydrogen-bond donors (Lipinski definition) is 1. The fourth-order valence-corrected chi connectivity index (χ4v) is 2.92. The molecule has 0 aromatic heterocycles. The van der Waals surface area contributed by atoms with Gasteiger partial charge in [-0.25, -0.2) is 4.79 Å². The summed E-state index contributed by atoms with van der Waals surface area (Å²) in [6, 6.07) is 8.74. The fourth-order valence-electron chi connectivity index (χ4n) is 2.12. The van der Waals surface area contributed by atoms with E-state index in [0.717, 1.165) is 5.56 Å². The van der Waals surface area contributed by atoms with Gasteiger partial charge < -0.3 is 19.7 Å². The first-order chi connectivity index (χ1) is 12.9. The normalized spacial score (nSPS) is 11.7. The van der Waals surface area contributed by atoms with E-state index in [-0.39, 0.29) is 24.2 Å². The highest BCUT2D eigenvalue weighted by molar-refractivity contribution is 7.99. The fraction of sp³-hybridized carbons (Fsp3) is 0.526. The van der Waals surface area contributed by atoms with Crippen LogP contribution >= 0.6 is 11.8 Å². The van der Waals surface area contributed by atoms with Gasteiger partial charge in [0.1, 0.15) is 12.6 Å². The first kappa shape index (κ1) is 23.0. The van der Waals surface area contributed by atoms with Gasteiger partial charge in [0.15, 0.2) is 0 Å². The molecule has 1 N–H and O–H groups in total. The first-order valence-electron chi connectivity index (χ1n) is 8.71. The molecular formula is C19H28N2O5S. The van der Waals surface area contributed by atoms with Crippen molar-refractivity contribution in [1.82, 2.24) is 10.2 Å². The number of nitrogens with zero attached hydrogens (tertiary/aromatic N) is 1. The molecule has 0 aliphatic rings. The van der Waals surface area contributed by atoms with Crippen LogP contribution in [0, 0.1) is 0 Å². The van der Waals surface area contributed by atoms with Crippen molar-refractivity contribution in [3.05, 3.63) is 35.9 Å². The molecular weight excluding hydrogens is 368 g/mol. The number of nitrogens with one attached hydrogen (secondary N) is 1. The highest BCUT2D eigenvalue weighted by Crippen LogP contribution is 2.09. The Kier molecular flexibility index (Phi) is 11.2. The highest BCUT2D eigenvalue weighted by atomic mass is 32.2. The molecule has 7 nitrogen and oxygen atoms in total. The Balaban J connectivity index is 2.28. The number of carbonyl (C=O) groups excluding carboxylic acids is 3. The maximum Gasteiger partial charge on any atom is 0.328 e. The zero-order valence-corrected chi connectivity index (χ0v) is 16.9. The van der Waals surface area contributed by atoms with E-state index in [4.69, 9.17) is 9.47 Å². The molecule has 0 spiro atoms. The van der Waals surface area contributed by atoms with Crippen molar-refractivity contribution in [2.75, 3.05) is 39.3 Å². The van der Waals surface area contributed by atoms with Gasteiger partial charge >= 0.3 is 11.9 Å². The van der Waals surface area contributed by atoms with Crippen LogP contribution < -0.4 is 5.32 Å². The Morgan fingerprint density at radius 2 is 1.89 bits per heavy atom. The van der Waals surface area contributed by atoms with E-state index >= 15 is 0 Å². The van der Waals surface area contributed by atoms with E-state index in [1.807, 2.05) is 49.3 Å². The molecule has 27 heavy (non-hydrogen) atoms. The molecule has 1 aromatic rings. The van der Waals surface area contributed by atoms with Crippen molar-refractivity contribution in [1.29, 1.82) is 0 Å². The second kappa shape index (κ2) is 13.2. The van der Waals surface area contributed by atoms with Gasteiger partial charge in [0.2, 0.25) is 5.91 Å². The minimum absolute atomic E-state index is 0.190. The Morgan fingerprint density at radius 1 is 1.19 bits per heavy atom. The van der Waals surface area contributed by atoms with E-state index < -0.39 is 12.0 Å². The summed E-state index contributed by atoms with van der Waals surface area (Å²) >= 11 is 1.36. The van der Waals surface area contributed by atoms with Gasteiger partial charge in [0.25, 0.3) is 0 Å². The Morgan fingerprint density at radius 3 is 2.52 bits per heavy atom. The van der Waals surface area contributed by atoms with E-state index in [2.05, 4.69) is 5.32 Å². The van der Waals surface area contributed by atoms with Crippen LogP contribution in [0.15, 0.2) is 30.3 Å². The lowest BCUT2D eigenvalue weighted by molar-refractivity contribution is -0.145. The largest absolute Gasteiger partial charge is 0.467 e. The first-order valence-corrected chi connectivity index (χ1v) is 9.87. The third-order valence-electron chi connectivity index (χ3n) is 3.62. The molecule has 0 bridgehead atoms. The Labute approximate surface area is 164 Å². The highest BCUT2D eigenvalue weighted by Gasteiger charge is 2.21. The molecule has 150 valence electrons. The zero-order chi connectivity index (χ0) is 20.1.